The zero-order chi connectivity index (χ0) is 19.5. The van der Waals surface area contributed by atoms with Crippen molar-refractivity contribution in [2.45, 2.75) is 13.8 Å². The van der Waals surface area contributed by atoms with Crippen LogP contribution in [0.5, 0.6) is 0 Å². The Labute approximate surface area is 163 Å². The Kier molecular flexibility index (Phi) is 4.72. The summed E-state index contributed by atoms with van der Waals surface area (Å²) >= 11 is 0. The van der Waals surface area contributed by atoms with Gasteiger partial charge >= 0.3 is 0 Å². The van der Waals surface area contributed by atoms with Crippen LogP contribution >= 0.6 is 0 Å². The van der Waals surface area contributed by atoms with E-state index < -0.39 is 0 Å². The van der Waals surface area contributed by atoms with Gasteiger partial charge in [0, 0.05) is 29.2 Å². The number of rotatable bonds is 4. The van der Waals surface area contributed by atoms with Crippen LogP contribution in [0.2, 0.25) is 0 Å². The van der Waals surface area contributed by atoms with E-state index in [1.807, 2.05) is 37.3 Å². The van der Waals surface area contributed by atoms with Gasteiger partial charge in [0.25, 0.3) is 5.91 Å². The molecule has 2 aromatic carbocycles. The van der Waals surface area contributed by atoms with Crippen LogP contribution in [0, 0.1) is 13.8 Å². The predicted molar refractivity (Wildman–Crippen MR) is 109 cm³/mol. The molecule has 5 nitrogen and oxygen atoms in total. The van der Waals surface area contributed by atoms with Gasteiger partial charge in [0.2, 0.25) is 5.89 Å². The average Bonchev–Trinajstić information content (AvgIpc) is 3.24. The lowest BCUT2D eigenvalue weighted by atomic mass is 9.98. The molecule has 0 aliphatic heterocycles. The fraction of sp³-hybridized carbons (Fsp3) is 0.0870. The van der Waals surface area contributed by atoms with Crippen molar-refractivity contribution in [3.63, 3.8) is 0 Å². The summed E-state index contributed by atoms with van der Waals surface area (Å²) in [4.78, 5) is 20.7. The fourth-order valence-electron chi connectivity index (χ4n) is 3.09. The number of hydrogen-bond donors (Lipinski definition) is 1. The van der Waals surface area contributed by atoms with Crippen LogP contribution in [-0.4, -0.2) is 15.9 Å². The van der Waals surface area contributed by atoms with Crippen LogP contribution in [0.15, 0.2) is 77.8 Å². The number of nitrogens with zero attached hydrogens (tertiary/aromatic N) is 2. The lowest BCUT2D eigenvalue weighted by Crippen LogP contribution is -2.13. The maximum atomic E-state index is 12.5. The summed E-state index contributed by atoms with van der Waals surface area (Å²) in [6, 6.07) is 15.6. The number of anilines is 1. The molecule has 0 fully saturated rings. The topological polar surface area (TPSA) is 68.0 Å². The number of aromatic nitrogens is 2. The van der Waals surface area contributed by atoms with Gasteiger partial charge in [-0.25, -0.2) is 4.98 Å². The van der Waals surface area contributed by atoms with Gasteiger partial charge in [-0.1, -0.05) is 18.2 Å². The summed E-state index contributed by atoms with van der Waals surface area (Å²) in [5.41, 5.74) is 6.44. The number of carbonyl (C=O) groups excluding carboxylic acids is 1. The molecule has 138 valence electrons. The summed E-state index contributed by atoms with van der Waals surface area (Å²) < 4.78 is 5.40. The number of benzene rings is 2. The minimum absolute atomic E-state index is 0.144. The summed E-state index contributed by atoms with van der Waals surface area (Å²) in [5.74, 6) is 0.451. The highest BCUT2D eigenvalue weighted by Gasteiger charge is 2.10. The van der Waals surface area contributed by atoms with Gasteiger partial charge in [-0.2, -0.15) is 0 Å². The summed E-state index contributed by atoms with van der Waals surface area (Å²) in [6.45, 7) is 3.94. The Morgan fingerprint density at radius 2 is 1.71 bits per heavy atom. The maximum Gasteiger partial charge on any atom is 0.256 e. The molecule has 1 N–H and O–H groups in total. The number of aryl methyl sites for hydroxylation is 2. The second-order valence-electron chi connectivity index (χ2n) is 6.59. The third kappa shape index (κ3) is 3.55. The van der Waals surface area contributed by atoms with Crippen LogP contribution in [0.25, 0.3) is 22.6 Å². The van der Waals surface area contributed by atoms with E-state index in [9.17, 15) is 4.79 Å². The van der Waals surface area contributed by atoms with Gasteiger partial charge in [-0.05, 0) is 66.4 Å². The monoisotopic (exact) mass is 369 g/mol. The van der Waals surface area contributed by atoms with Gasteiger partial charge < -0.3 is 9.73 Å². The van der Waals surface area contributed by atoms with Crippen molar-refractivity contribution in [3.8, 4) is 22.6 Å². The zero-order valence-electron chi connectivity index (χ0n) is 15.6. The Bertz CT molecular complexity index is 1120. The molecule has 0 spiro atoms. The fourth-order valence-corrected chi connectivity index (χ4v) is 3.09. The third-order valence-electron chi connectivity index (χ3n) is 4.64. The van der Waals surface area contributed by atoms with E-state index in [1.54, 1.807) is 30.9 Å². The molecular formula is C23H19N3O2. The van der Waals surface area contributed by atoms with E-state index in [0.29, 0.717) is 11.5 Å². The van der Waals surface area contributed by atoms with Crippen molar-refractivity contribution in [3.05, 3.63) is 90.1 Å². The molecule has 0 aliphatic rings. The highest BCUT2D eigenvalue weighted by Crippen LogP contribution is 2.29. The van der Waals surface area contributed by atoms with Crippen LogP contribution in [0.1, 0.15) is 21.5 Å². The Morgan fingerprint density at radius 1 is 0.929 bits per heavy atom. The highest BCUT2D eigenvalue weighted by atomic mass is 16.3. The maximum absolute atomic E-state index is 12.5. The molecule has 5 heteroatoms. The predicted octanol–water partition coefficient (Wildman–Crippen LogP) is 5.27. The van der Waals surface area contributed by atoms with E-state index in [0.717, 1.165) is 33.5 Å². The number of nitrogens with one attached hydrogen (secondary N) is 1. The van der Waals surface area contributed by atoms with E-state index in [1.165, 1.54) is 0 Å². The Balaban J connectivity index is 1.58. The number of amides is 1. The quantitative estimate of drug-likeness (QED) is 0.532. The smallest absolute Gasteiger partial charge is 0.256 e. The van der Waals surface area contributed by atoms with Crippen molar-refractivity contribution in [1.29, 1.82) is 0 Å². The van der Waals surface area contributed by atoms with Crippen LogP contribution in [-0.2, 0) is 0 Å². The number of pyridine rings is 1. The minimum atomic E-state index is -0.144. The lowest BCUT2D eigenvalue weighted by Gasteiger charge is -2.10. The number of carbonyl (C=O) groups is 1. The van der Waals surface area contributed by atoms with Crippen LogP contribution in [0.4, 0.5) is 5.69 Å². The average molecular weight is 369 g/mol. The second-order valence-corrected chi connectivity index (χ2v) is 6.59. The molecule has 0 unspecified atom stereocenters. The van der Waals surface area contributed by atoms with Crippen molar-refractivity contribution in [2.75, 3.05) is 5.32 Å². The molecule has 4 aromatic rings. The van der Waals surface area contributed by atoms with E-state index >= 15 is 0 Å². The first-order valence-corrected chi connectivity index (χ1v) is 8.95. The van der Waals surface area contributed by atoms with Gasteiger partial charge in [0.05, 0.1) is 6.20 Å². The molecule has 2 heterocycles. The highest BCUT2D eigenvalue weighted by molar-refractivity contribution is 6.05. The van der Waals surface area contributed by atoms with Crippen LogP contribution < -0.4 is 5.32 Å². The molecule has 0 atom stereocenters. The molecule has 0 radical (unpaired) electrons. The molecule has 0 bridgehead atoms. The largest absolute Gasteiger partial charge is 0.445 e. The Morgan fingerprint density at radius 3 is 2.43 bits per heavy atom. The Hall–Kier alpha value is -3.73. The normalized spacial score (nSPS) is 10.6. The third-order valence-corrected chi connectivity index (χ3v) is 4.64. The minimum Gasteiger partial charge on any atom is -0.445 e. The molecule has 0 aliphatic carbocycles. The molecule has 4 rings (SSSR count). The van der Waals surface area contributed by atoms with Gasteiger partial charge in [0.15, 0.2) is 0 Å². The standard InChI is InChI=1S/C23H19N3O2/c1-15-3-4-18(23-25-11-12-28-23)13-21(15)17-5-7-19(8-6-17)26-22(27)20-9-10-24-14-16(20)2/h3-14H,1-2H3,(H,26,27). The SMILES string of the molecule is Cc1cnccc1C(=O)Nc1ccc(-c2cc(-c3ncco3)ccc2C)cc1. The molecule has 1 amide bonds. The molecule has 0 saturated carbocycles. The summed E-state index contributed by atoms with van der Waals surface area (Å²) in [5, 5.41) is 2.93. The first-order chi connectivity index (χ1) is 13.6. The van der Waals surface area contributed by atoms with Crippen molar-refractivity contribution >= 4 is 11.6 Å². The van der Waals surface area contributed by atoms with E-state index in [2.05, 4.69) is 34.3 Å². The van der Waals surface area contributed by atoms with Gasteiger partial charge in [0.1, 0.15) is 6.26 Å². The summed E-state index contributed by atoms with van der Waals surface area (Å²) in [6.07, 6.45) is 6.50. The van der Waals surface area contributed by atoms with Crippen molar-refractivity contribution < 1.29 is 9.21 Å². The molecular weight excluding hydrogens is 350 g/mol. The first kappa shape index (κ1) is 17.7. The van der Waals surface area contributed by atoms with E-state index in [4.69, 9.17) is 4.42 Å². The van der Waals surface area contributed by atoms with E-state index in [-0.39, 0.29) is 5.91 Å². The summed E-state index contributed by atoms with van der Waals surface area (Å²) in [7, 11) is 0. The molecule has 28 heavy (non-hydrogen) atoms. The van der Waals surface area contributed by atoms with Crippen LogP contribution in [0.3, 0.4) is 0 Å². The van der Waals surface area contributed by atoms with Gasteiger partial charge in [-0.3, -0.25) is 9.78 Å². The number of hydrogen-bond acceptors (Lipinski definition) is 4. The van der Waals surface area contributed by atoms with Crippen molar-refractivity contribution in [1.82, 2.24) is 9.97 Å². The lowest BCUT2D eigenvalue weighted by molar-refractivity contribution is 0.102. The van der Waals surface area contributed by atoms with Gasteiger partial charge in [-0.15, -0.1) is 0 Å². The molecule has 2 aromatic heterocycles. The molecule has 0 saturated heterocycles. The van der Waals surface area contributed by atoms with Crippen molar-refractivity contribution in [2.24, 2.45) is 0 Å². The number of oxazole rings is 1. The zero-order valence-corrected chi connectivity index (χ0v) is 15.6. The second kappa shape index (κ2) is 7.48. The first-order valence-electron chi connectivity index (χ1n) is 8.95.